The highest BCUT2D eigenvalue weighted by Gasteiger charge is 2.14. The zero-order valence-electron chi connectivity index (χ0n) is 12.7. The Morgan fingerprint density at radius 3 is 2.35 bits per heavy atom. The molecule has 1 unspecified atom stereocenters. The number of hydrogen-bond donors (Lipinski definition) is 1. The second-order valence-corrected chi connectivity index (χ2v) is 6.22. The third-order valence-electron chi connectivity index (χ3n) is 3.19. The van der Waals surface area contributed by atoms with Crippen LogP contribution < -0.4 is 5.32 Å². The highest BCUT2D eigenvalue weighted by atomic mass is 32.1. The smallest absolute Gasteiger partial charge is 0.0947 e. The van der Waals surface area contributed by atoms with Gasteiger partial charge in [0.2, 0.25) is 0 Å². The number of nitrogens with one attached hydrogen (secondary N) is 1. The zero-order chi connectivity index (χ0) is 14.5. The van der Waals surface area contributed by atoms with Crippen LogP contribution in [0.25, 0.3) is 0 Å². The second kappa shape index (κ2) is 6.95. The molecule has 20 heavy (non-hydrogen) atoms. The Hall–Kier alpha value is -1.26. The van der Waals surface area contributed by atoms with Crippen molar-refractivity contribution in [3.8, 4) is 0 Å². The maximum atomic E-state index is 4.59. The van der Waals surface area contributed by atoms with E-state index in [4.69, 9.17) is 0 Å². The summed E-state index contributed by atoms with van der Waals surface area (Å²) in [7, 11) is 0. The SMILES string of the molecule is CCCNC(Cc1nc(C)cs1)c1cc(C)nc(C)c1. The summed E-state index contributed by atoms with van der Waals surface area (Å²) in [4.78, 5) is 9.06. The first-order chi connectivity index (χ1) is 9.58. The van der Waals surface area contributed by atoms with E-state index < -0.39 is 0 Å². The van der Waals surface area contributed by atoms with E-state index in [1.165, 1.54) is 10.6 Å². The van der Waals surface area contributed by atoms with Crippen molar-refractivity contribution in [1.29, 1.82) is 0 Å². The molecule has 0 aliphatic rings. The van der Waals surface area contributed by atoms with Gasteiger partial charge in [0.1, 0.15) is 0 Å². The quantitative estimate of drug-likeness (QED) is 0.880. The van der Waals surface area contributed by atoms with Gasteiger partial charge in [-0.25, -0.2) is 4.98 Å². The molecule has 0 fully saturated rings. The average molecular weight is 289 g/mol. The van der Waals surface area contributed by atoms with E-state index >= 15 is 0 Å². The summed E-state index contributed by atoms with van der Waals surface area (Å²) in [5.74, 6) is 0. The largest absolute Gasteiger partial charge is 0.310 e. The Bertz CT molecular complexity index is 542. The molecule has 0 amide bonds. The van der Waals surface area contributed by atoms with Gasteiger partial charge in [0.25, 0.3) is 0 Å². The molecule has 2 aromatic rings. The van der Waals surface area contributed by atoms with Crippen LogP contribution in [0.4, 0.5) is 0 Å². The third kappa shape index (κ3) is 4.12. The maximum Gasteiger partial charge on any atom is 0.0947 e. The fourth-order valence-corrected chi connectivity index (χ4v) is 3.18. The summed E-state index contributed by atoms with van der Waals surface area (Å²) in [5.41, 5.74) is 4.59. The lowest BCUT2D eigenvalue weighted by Crippen LogP contribution is -2.24. The molecule has 1 N–H and O–H groups in total. The molecule has 0 spiro atoms. The lowest BCUT2D eigenvalue weighted by atomic mass is 10.0. The topological polar surface area (TPSA) is 37.8 Å². The van der Waals surface area contributed by atoms with E-state index in [0.717, 1.165) is 36.5 Å². The fraction of sp³-hybridized carbons (Fsp3) is 0.500. The lowest BCUT2D eigenvalue weighted by molar-refractivity contribution is 0.527. The molecule has 0 saturated carbocycles. The van der Waals surface area contributed by atoms with Crippen LogP contribution in [-0.4, -0.2) is 16.5 Å². The molecule has 3 nitrogen and oxygen atoms in total. The molecule has 4 heteroatoms. The summed E-state index contributed by atoms with van der Waals surface area (Å²) < 4.78 is 0. The Morgan fingerprint density at radius 2 is 1.80 bits per heavy atom. The van der Waals surface area contributed by atoms with Gasteiger partial charge in [0.15, 0.2) is 0 Å². The Kier molecular flexibility index (Phi) is 5.26. The molecule has 0 aliphatic carbocycles. The molecule has 2 heterocycles. The molecule has 2 aromatic heterocycles. The fourth-order valence-electron chi connectivity index (χ4n) is 2.37. The van der Waals surface area contributed by atoms with Crippen molar-refractivity contribution in [1.82, 2.24) is 15.3 Å². The van der Waals surface area contributed by atoms with Crippen molar-refractivity contribution in [3.63, 3.8) is 0 Å². The number of thiazole rings is 1. The lowest BCUT2D eigenvalue weighted by Gasteiger charge is -2.19. The van der Waals surface area contributed by atoms with Gasteiger partial charge in [-0.15, -0.1) is 11.3 Å². The van der Waals surface area contributed by atoms with Crippen LogP contribution in [0.1, 0.15) is 47.0 Å². The Balaban J connectivity index is 2.21. The van der Waals surface area contributed by atoms with E-state index in [1.807, 2.05) is 0 Å². The van der Waals surface area contributed by atoms with Crippen molar-refractivity contribution in [3.05, 3.63) is 45.2 Å². The van der Waals surface area contributed by atoms with Crippen LogP contribution >= 0.6 is 11.3 Å². The van der Waals surface area contributed by atoms with E-state index in [-0.39, 0.29) is 0 Å². The first-order valence-corrected chi connectivity index (χ1v) is 8.06. The molecule has 0 radical (unpaired) electrons. The molecule has 0 bridgehead atoms. The van der Waals surface area contributed by atoms with Crippen molar-refractivity contribution < 1.29 is 0 Å². The first-order valence-electron chi connectivity index (χ1n) is 7.18. The zero-order valence-corrected chi connectivity index (χ0v) is 13.5. The molecular formula is C16H23N3S. The molecule has 1 atom stereocenters. The van der Waals surface area contributed by atoms with Crippen molar-refractivity contribution in [2.45, 2.75) is 46.6 Å². The van der Waals surface area contributed by atoms with Gasteiger partial charge < -0.3 is 5.32 Å². The normalized spacial score (nSPS) is 12.6. The summed E-state index contributed by atoms with van der Waals surface area (Å²) in [6, 6.07) is 4.68. The Morgan fingerprint density at radius 1 is 1.10 bits per heavy atom. The molecule has 2 rings (SSSR count). The highest BCUT2D eigenvalue weighted by molar-refractivity contribution is 7.09. The van der Waals surface area contributed by atoms with Crippen molar-refractivity contribution in [2.75, 3.05) is 6.54 Å². The van der Waals surface area contributed by atoms with Crippen LogP contribution in [0.3, 0.4) is 0 Å². The van der Waals surface area contributed by atoms with Gasteiger partial charge in [-0.3, -0.25) is 4.98 Å². The van der Waals surface area contributed by atoms with E-state index in [2.05, 4.69) is 60.5 Å². The Labute approximate surface area is 125 Å². The predicted molar refractivity (Wildman–Crippen MR) is 85.3 cm³/mol. The number of aromatic nitrogens is 2. The number of hydrogen-bond acceptors (Lipinski definition) is 4. The number of pyridine rings is 1. The van der Waals surface area contributed by atoms with Crippen molar-refractivity contribution >= 4 is 11.3 Å². The van der Waals surface area contributed by atoms with Gasteiger partial charge in [0.05, 0.1) is 5.01 Å². The van der Waals surface area contributed by atoms with Crippen LogP contribution in [0.5, 0.6) is 0 Å². The molecule has 0 saturated heterocycles. The monoisotopic (exact) mass is 289 g/mol. The molecule has 0 aromatic carbocycles. The summed E-state index contributed by atoms with van der Waals surface area (Å²) in [5, 5.41) is 6.95. The van der Waals surface area contributed by atoms with Crippen LogP contribution in [0, 0.1) is 20.8 Å². The summed E-state index contributed by atoms with van der Waals surface area (Å²) in [6.45, 7) is 9.38. The van der Waals surface area contributed by atoms with Gasteiger partial charge in [-0.2, -0.15) is 0 Å². The summed E-state index contributed by atoms with van der Waals surface area (Å²) in [6.07, 6.45) is 2.08. The van der Waals surface area contributed by atoms with Gasteiger partial charge in [-0.05, 0) is 51.4 Å². The predicted octanol–water partition coefficient (Wildman–Crippen LogP) is 3.75. The third-order valence-corrected chi connectivity index (χ3v) is 4.18. The standard InChI is InChI=1S/C16H23N3S/c1-5-6-17-15(9-16-19-13(4)10-20-16)14-7-11(2)18-12(3)8-14/h7-8,10,15,17H,5-6,9H2,1-4H3. The van der Waals surface area contributed by atoms with Gasteiger partial charge in [-0.1, -0.05) is 6.92 Å². The molecular weight excluding hydrogens is 266 g/mol. The van der Waals surface area contributed by atoms with Crippen LogP contribution in [0.2, 0.25) is 0 Å². The van der Waals surface area contributed by atoms with Gasteiger partial charge in [0, 0.05) is 34.9 Å². The second-order valence-electron chi connectivity index (χ2n) is 5.28. The van der Waals surface area contributed by atoms with E-state index in [0.29, 0.717) is 6.04 Å². The minimum atomic E-state index is 0.320. The maximum absolute atomic E-state index is 4.59. The minimum Gasteiger partial charge on any atom is -0.310 e. The summed E-state index contributed by atoms with van der Waals surface area (Å²) >= 11 is 1.75. The van der Waals surface area contributed by atoms with E-state index in [9.17, 15) is 0 Å². The highest BCUT2D eigenvalue weighted by Crippen LogP contribution is 2.22. The van der Waals surface area contributed by atoms with Gasteiger partial charge >= 0.3 is 0 Å². The number of aryl methyl sites for hydroxylation is 3. The van der Waals surface area contributed by atoms with Crippen LogP contribution in [0.15, 0.2) is 17.5 Å². The minimum absolute atomic E-state index is 0.320. The van der Waals surface area contributed by atoms with E-state index in [1.54, 1.807) is 11.3 Å². The molecule has 108 valence electrons. The van der Waals surface area contributed by atoms with Crippen molar-refractivity contribution in [2.24, 2.45) is 0 Å². The number of nitrogens with zero attached hydrogens (tertiary/aromatic N) is 2. The molecule has 0 aliphatic heterocycles. The van der Waals surface area contributed by atoms with Crippen LogP contribution in [-0.2, 0) is 6.42 Å². The first kappa shape index (κ1) is 15.1. The average Bonchev–Trinajstić information content (AvgIpc) is 2.79. The number of rotatable bonds is 6.